The Morgan fingerprint density at radius 1 is 0.811 bits per heavy atom. The average molecular weight is 748 g/mol. The predicted molar refractivity (Wildman–Crippen MR) is 186 cm³/mol. The fourth-order valence-electron chi connectivity index (χ4n) is 5.77. The van der Waals surface area contributed by atoms with E-state index in [4.69, 9.17) is 4.74 Å². The lowest BCUT2D eigenvalue weighted by Gasteiger charge is -2.29. The van der Waals surface area contributed by atoms with E-state index in [2.05, 4.69) is 10.6 Å². The zero-order valence-electron chi connectivity index (χ0n) is 27.8. The number of carbonyl (C=O) groups is 5. The molecule has 1 aliphatic heterocycles. The summed E-state index contributed by atoms with van der Waals surface area (Å²) in [7, 11) is -4.19. The summed E-state index contributed by atoms with van der Waals surface area (Å²) in [5.41, 5.74) is -2.10. The number of anilines is 1. The van der Waals surface area contributed by atoms with Gasteiger partial charge in [0.05, 0.1) is 27.6 Å². The van der Waals surface area contributed by atoms with Crippen molar-refractivity contribution in [1.82, 2.24) is 9.62 Å². The summed E-state index contributed by atoms with van der Waals surface area (Å²) in [4.78, 5) is 63.0. The van der Waals surface area contributed by atoms with E-state index < -0.39 is 85.3 Å². The first kappa shape index (κ1) is 37.8. The number of sulfonamides is 1. The summed E-state index contributed by atoms with van der Waals surface area (Å²) in [6.07, 6.45) is -0.973. The maximum Gasteiger partial charge on any atom is 0.338 e. The fourth-order valence-corrected chi connectivity index (χ4v) is 7.28. The van der Waals surface area contributed by atoms with E-state index in [0.29, 0.717) is 5.69 Å². The van der Waals surface area contributed by atoms with Crippen molar-refractivity contribution in [3.8, 4) is 23.0 Å². The standard InChI is InChI=1S/C36H33N3O13S/c1-19(40)37-22-9-13-24(14-10-22)53(50,51)39-15-3-6-30(26(18-39)38-34(46)20-7-11-23(41)12-8-20)52-36(49)21-16-28(43)32(29(44)17-21)33(45)31-25(35(47)48)4-2-5-27(31)42/h2,4-5,7-14,16-17,26,30,41-44H,3,6,15,18H2,1H3,(H,37,40)(H,38,46)(H,47,48)/t26-,30-/m0/s1. The number of aromatic hydroxyl groups is 4. The number of carboxylic acids is 1. The number of aromatic carboxylic acids is 1. The maximum atomic E-state index is 13.8. The molecule has 1 saturated heterocycles. The summed E-state index contributed by atoms with van der Waals surface area (Å²) >= 11 is 0. The van der Waals surface area contributed by atoms with Crippen LogP contribution in [0.4, 0.5) is 5.69 Å². The first-order valence-electron chi connectivity index (χ1n) is 15.9. The van der Waals surface area contributed by atoms with E-state index in [0.717, 1.165) is 28.6 Å². The van der Waals surface area contributed by atoms with Crippen molar-refractivity contribution in [2.45, 2.75) is 36.8 Å². The zero-order valence-corrected chi connectivity index (χ0v) is 28.7. The molecule has 0 unspecified atom stereocenters. The second-order valence-corrected chi connectivity index (χ2v) is 13.9. The van der Waals surface area contributed by atoms with Gasteiger partial charge in [0.1, 0.15) is 34.7 Å². The molecule has 276 valence electrons. The maximum absolute atomic E-state index is 13.8. The molecule has 17 heteroatoms. The van der Waals surface area contributed by atoms with Gasteiger partial charge in [0.2, 0.25) is 21.7 Å². The molecule has 0 spiro atoms. The molecule has 0 aliphatic carbocycles. The number of phenols is 4. The van der Waals surface area contributed by atoms with Crippen LogP contribution in [0.25, 0.3) is 0 Å². The molecule has 5 rings (SSSR count). The number of amides is 2. The molecule has 0 saturated carbocycles. The van der Waals surface area contributed by atoms with E-state index >= 15 is 0 Å². The summed E-state index contributed by atoms with van der Waals surface area (Å²) in [6, 6.07) is 14.3. The van der Waals surface area contributed by atoms with Gasteiger partial charge in [-0.05, 0) is 85.6 Å². The topological polar surface area (TPSA) is 257 Å². The Bertz CT molecular complexity index is 2180. The molecule has 2 atom stereocenters. The van der Waals surface area contributed by atoms with Crippen LogP contribution >= 0.6 is 0 Å². The van der Waals surface area contributed by atoms with Crippen LogP contribution in [-0.2, 0) is 19.6 Å². The average Bonchev–Trinajstić information content (AvgIpc) is 3.30. The number of phenolic OH excluding ortho intramolecular Hbond substituents is 4. The van der Waals surface area contributed by atoms with Crippen LogP contribution < -0.4 is 10.6 Å². The van der Waals surface area contributed by atoms with Crippen molar-refractivity contribution >= 4 is 45.2 Å². The van der Waals surface area contributed by atoms with Crippen molar-refractivity contribution in [1.29, 1.82) is 0 Å². The van der Waals surface area contributed by atoms with Crippen LogP contribution in [0.3, 0.4) is 0 Å². The van der Waals surface area contributed by atoms with E-state index in [1.807, 2.05) is 0 Å². The molecule has 1 aliphatic rings. The van der Waals surface area contributed by atoms with Crippen molar-refractivity contribution in [2.75, 3.05) is 18.4 Å². The molecule has 0 bridgehead atoms. The van der Waals surface area contributed by atoms with Crippen LogP contribution in [0.15, 0.2) is 83.8 Å². The van der Waals surface area contributed by atoms with Crippen LogP contribution in [0.5, 0.6) is 23.0 Å². The number of nitrogens with one attached hydrogen (secondary N) is 2. The summed E-state index contributed by atoms with van der Waals surface area (Å²) in [5.74, 6) is -7.71. The van der Waals surface area contributed by atoms with E-state index in [9.17, 15) is 57.9 Å². The van der Waals surface area contributed by atoms with Gasteiger partial charge in [0.25, 0.3) is 5.91 Å². The third-order valence-corrected chi connectivity index (χ3v) is 10.2. The third kappa shape index (κ3) is 8.37. The summed E-state index contributed by atoms with van der Waals surface area (Å²) in [5, 5.41) is 56.1. The molecule has 0 radical (unpaired) electrons. The minimum Gasteiger partial charge on any atom is -0.508 e. The smallest absolute Gasteiger partial charge is 0.338 e. The number of ketones is 1. The zero-order chi connectivity index (χ0) is 38.6. The molecule has 16 nitrogen and oxygen atoms in total. The number of esters is 1. The van der Waals surface area contributed by atoms with Crippen molar-refractivity contribution in [2.24, 2.45) is 0 Å². The minimum absolute atomic E-state index is 0.0412. The molecule has 53 heavy (non-hydrogen) atoms. The van der Waals surface area contributed by atoms with Crippen LogP contribution in [0.2, 0.25) is 0 Å². The number of benzene rings is 4. The van der Waals surface area contributed by atoms with Gasteiger partial charge in [-0.1, -0.05) is 6.07 Å². The number of carbonyl (C=O) groups excluding carboxylic acids is 4. The molecule has 1 heterocycles. The van der Waals surface area contributed by atoms with Crippen molar-refractivity contribution in [3.63, 3.8) is 0 Å². The quantitative estimate of drug-likeness (QED) is 0.0910. The number of hydrogen-bond donors (Lipinski definition) is 7. The van der Waals surface area contributed by atoms with Crippen molar-refractivity contribution in [3.05, 3.63) is 107 Å². The molecule has 4 aromatic rings. The largest absolute Gasteiger partial charge is 0.508 e. The lowest BCUT2D eigenvalue weighted by atomic mass is 9.95. The summed E-state index contributed by atoms with van der Waals surface area (Å²) < 4.78 is 34.4. The lowest BCUT2D eigenvalue weighted by Crippen LogP contribution is -2.51. The molecular weight excluding hydrogens is 714 g/mol. The predicted octanol–water partition coefficient (Wildman–Crippen LogP) is 3.21. The highest BCUT2D eigenvalue weighted by atomic mass is 32.2. The molecule has 1 fully saturated rings. The van der Waals surface area contributed by atoms with Crippen LogP contribution in [0.1, 0.15) is 66.8 Å². The minimum atomic E-state index is -4.19. The molecule has 2 amide bonds. The van der Waals surface area contributed by atoms with Crippen LogP contribution in [-0.4, -0.2) is 93.0 Å². The van der Waals surface area contributed by atoms with Gasteiger partial charge in [-0.15, -0.1) is 0 Å². The van der Waals surface area contributed by atoms with Gasteiger partial charge >= 0.3 is 11.9 Å². The number of nitrogens with zero attached hydrogens (tertiary/aromatic N) is 1. The Balaban J connectivity index is 1.43. The van der Waals surface area contributed by atoms with E-state index in [1.54, 1.807) is 0 Å². The second-order valence-electron chi connectivity index (χ2n) is 12.0. The second kappa shape index (κ2) is 15.4. The number of ether oxygens (including phenoxy) is 1. The van der Waals surface area contributed by atoms with Gasteiger partial charge in [-0.3, -0.25) is 14.4 Å². The van der Waals surface area contributed by atoms with Gasteiger partial charge in [0, 0.05) is 31.3 Å². The first-order chi connectivity index (χ1) is 25.1. The van der Waals surface area contributed by atoms with Gasteiger partial charge in [-0.25, -0.2) is 18.0 Å². The number of rotatable bonds is 10. The van der Waals surface area contributed by atoms with Gasteiger partial charge in [-0.2, -0.15) is 4.31 Å². The van der Waals surface area contributed by atoms with E-state index in [-0.39, 0.29) is 48.0 Å². The SMILES string of the molecule is CC(=O)Nc1ccc(S(=O)(=O)N2CCC[C@H](OC(=O)c3cc(O)c(C(=O)c4c(O)cccc4C(=O)O)c(O)c3)[C@@H](NC(=O)c3ccc(O)cc3)C2)cc1. The van der Waals surface area contributed by atoms with Crippen molar-refractivity contribution < 1.29 is 62.7 Å². The van der Waals surface area contributed by atoms with E-state index in [1.165, 1.54) is 61.5 Å². The molecular formula is C36H33N3O13S. The number of carboxylic acid groups (broad SMARTS) is 1. The highest BCUT2D eigenvalue weighted by molar-refractivity contribution is 7.89. The van der Waals surface area contributed by atoms with Crippen LogP contribution in [0, 0.1) is 0 Å². The highest BCUT2D eigenvalue weighted by Gasteiger charge is 2.37. The van der Waals surface area contributed by atoms with Gasteiger partial charge < -0.3 is 40.9 Å². The van der Waals surface area contributed by atoms with Gasteiger partial charge in [0.15, 0.2) is 0 Å². The molecule has 4 aromatic carbocycles. The summed E-state index contributed by atoms with van der Waals surface area (Å²) in [6.45, 7) is 0.891. The molecule has 7 N–H and O–H groups in total. The highest BCUT2D eigenvalue weighted by Crippen LogP contribution is 2.35. The Morgan fingerprint density at radius 3 is 2.06 bits per heavy atom. The monoisotopic (exact) mass is 747 g/mol. The number of hydrogen-bond acceptors (Lipinski definition) is 12. The first-order valence-corrected chi connectivity index (χ1v) is 17.4. The normalized spacial score (nSPS) is 16.2. The fraction of sp³-hybridized carbons (Fsp3) is 0.194. The third-order valence-electron chi connectivity index (χ3n) is 8.32. The molecule has 0 aromatic heterocycles. The Hall–Kier alpha value is -6.46. The Kier molecular flexibility index (Phi) is 11.0. The lowest BCUT2D eigenvalue weighted by molar-refractivity contribution is -0.114. The Morgan fingerprint density at radius 2 is 1.45 bits per heavy atom. The Labute approximate surface area is 301 Å².